The van der Waals surface area contributed by atoms with Crippen LogP contribution in [0.2, 0.25) is 0 Å². The van der Waals surface area contributed by atoms with Crippen LogP contribution in [0.3, 0.4) is 0 Å². The number of rotatable bonds is 4. The maximum absolute atomic E-state index is 12.7. The minimum absolute atomic E-state index is 0.0202. The minimum atomic E-state index is -1.02. The number of hydrogen-bond acceptors (Lipinski definition) is 4. The third-order valence-electron chi connectivity index (χ3n) is 5.27. The summed E-state index contributed by atoms with van der Waals surface area (Å²) in [6.07, 6.45) is 24.1. The van der Waals surface area contributed by atoms with Gasteiger partial charge in [-0.25, -0.2) is 5.06 Å². The van der Waals surface area contributed by atoms with Gasteiger partial charge in [0.2, 0.25) is 5.91 Å². The molecule has 0 spiro atoms. The fourth-order valence-corrected chi connectivity index (χ4v) is 3.42. The zero-order valence-corrected chi connectivity index (χ0v) is 19.4. The Kier molecular flexibility index (Phi) is 11.2. The summed E-state index contributed by atoms with van der Waals surface area (Å²) in [6, 6.07) is -0.0619. The first-order chi connectivity index (χ1) is 15.4. The Balaban J connectivity index is 2.26. The molecule has 0 aromatic carbocycles. The molecule has 2 aliphatic rings. The molecule has 2 heterocycles. The molecule has 5 nitrogen and oxygen atoms in total. The zero-order chi connectivity index (χ0) is 23.3. The third kappa shape index (κ3) is 8.95. The zero-order valence-electron chi connectivity index (χ0n) is 19.4. The van der Waals surface area contributed by atoms with Gasteiger partial charge < -0.3 is 10.2 Å². The van der Waals surface area contributed by atoms with E-state index in [1.165, 1.54) is 5.06 Å². The van der Waals surface area contributed by atoms with Crippen LogP contribution in [0.5, 0.6) is 0 Å². The summed E-state index contributed by atoms with van der Waals surface area (Å²) in [5, 5.41) is 21.8. The Hall–Kier alpha value is -2.47. The molecule has 2 N–H and O–H groups in total. The largest absolute Gasteiger partial charge is 0.386 e. The summed E-state index contributed by atoms with van der Waals surface area (Å²) < 4.78 is 0. The molecular weight excluding hydrogens is 402 g/mol. The first-order valence-corrected chi connectivity index (χ1v) is 11.5. The Bertz CT molecular complexity index is 816. The highest BCUT2D eigenvalue weighted by atomic mass is 16.7. The lowest BCUT2D eigenvalue weighted by Gasteiger charge is -2.25. The highest BCUT2D eigenvalue weighted by Gasteiger charge is 2.33. The minimum Gasteiger partial charge on any atom is -0.386 e. The smallest absolute Gasteiger partial charge is 0.249 e. The van der Waals surface area contributed by atoms with Gasteiger partial charge in [0.15, 0.2) is 0 Å². The number of nitrogens with zero attached hydrogens (tertiary/aromatic N) is 1. The molecule has 2 rings (SSSR count). The maximum Gasteiger partial charge on any atom is 0.249 e. The van der Waals surface area contributed by atoms with Crippen molar-refractivity contribution in [2.45, 2.75) is 77.2 Å². The van der Waals surface area contributed by atoms with E-state index < -0.39 is 12.2 Å². The van der Waals surface area contributed by atoms with E-state index in [4.69, 9.17) is 4.84 Å². The van der Waals surface area contributed by atoms with Gasteiger partial charge in [-0.05, 0) is 33.1 Å². The molecule has 1 fully saturated rings. The lowest BCUT2D eigenvalue weighted by molar-refractivity contribution is -0.181. The highest BCUT2D eigenvalue weighted by Crippen LogP contribution is 2.24. The van der Waals surface area contributed by atoms with Crippen molar-refractivity contribution in [2.24, 2.45) is 0 Å². The van der Waals surface area contributed by atoms with Gasteiger partial charge in [-0.3, -0.25) is 9.63 Å². The second-order valence-electron chi connectivity index (χ2n) is 8.29. The first kappa shape index (κ1) is 25.8. The van der Waals surface area contributed by atoms with E-state index in [1.54, 1.807) is 18.2 Å². The Morgan fingerprint density at radius 3 is 2.66 bits per heavy atom. The quantitative estimate of drug-likeness (QED) is 0.613. The average Bonchev–Trinajstić information content (AvgIpc) is 3.13. The number of carbonyl (C=O) groups is 1. The van der Waals surface area contributed by atoms with Crippen LogP contribution in [0.1, 0.15) is 52.9 Å². The lowest BCUT2D eigenvalue weighted by atomic mass is 10.1. The van der Waals surface area contributed by atoms with Crippen molar-refractivity contribution in [1.82, 2.24) is 5.06 Å². The summed E-state index contributed by atoms with van der Waals surface area (Å²) in [4.78, 5) is 18.6. The number of hydroxylamine groups is 2. The summed E-state index contributed by atoms with van der Waals surface area (Å²) in [5.74, 6) is -0.0202. The van der Waals surface area contributed by atoms with E-state index in [-0.39, 0.29) is 18.1 Å². The van der Waals surface area contributed by atoms with E-state index >= 15 is 0 Å². The van der Waals surface area contributed by atoms with Crippen LogP contribution < -0.4 is 0 Å². The number of amides is 1. The normalized spacial score (nSPS) is 35.2. The van der Waals surface area contributed by atoms with Crippen molar-refractivity contribution in [1.29, 1.82) is 0 Å². The molecule has 0 aromatic heterocycles. The van der Waals surface area contributed by atoms with Crippen LogP contribution in [0, 0.1) is 0 Å². The fraction of sp³-hybridized carbons (Fsp3) is 0.444. The SMILES string of the molecule is CCC/C=C/CC1C/C=C/C=C(C)/C=C/C=C\C(O)C(O)/C=C(C)\C=C\C2CC(=O)N1O2. The monoisotopic (exact) mass is 439 g/mol. The van der Waals surface area contributed by atoms with E-state index in [0.29, 0.717) is 12.8 Å². The van der Waals surface area contributed by atoms with Crippen molar-refractivity contribution in [3.63, 3.8) is 0 Å². The molecule has 2 bridgehead atoms. The molecule has 4 atom stereocenters. The number of unbranched alkanes of at least 4 members (excludes halogenated alkanes) is 1. The van der Waals surface area contributed by atoms with Crippen LogP contribution in [0.25, 0.3) is 0 Å². The van der Waals surface area contributed by atoms with Crippen LogP contribution in [0.15, 0.2) is 84.1 Å². The van der Waals surface area contributed by atoms with E-state index in [1.807, 2.05) is 50.3 Å². The van der Waals surface area contributed by atoms with Gasteiger partial charge in [0.05, 0.1) is 12.5 Å². The summed E-state index contributed by atoms with van der Waals surface area (Å²) in [7, 11) is 0. The number of allylic oxidation sites excluding steroid dienone is 9. The van der Waals surface area contributed by atoms with Crippen LogP contribution >= 0.6 is 0 Å². The van der Waals surface area contributed by atoms with Crippen molar-refractivity contribution in [3.05, 3.63) is 84.1 Å². The summed E-state index contributed by atoms with van der Waals surface area (Å²) >= 11 is 0. The number of aliphatic hydroxyl groups is 2. The van der Waals surface area contributed by atoms with E-state index in [9.17, 15) is 15.0 Å². The van der Waals surface area contributed by atoms with Gasteiger partial charge in [-0.1, -0.05) is 97.4 Å². The molecule has 0 aromatic rings. The fourth-order valence-electron chi connectivity index (χ4n) is 3.42. The first-order valence-electron chi connectivity index (χ1n) is 11.5. The van der Waals surface area contributed by atoms with Crippen molar-refractivity contribution >= 4 is 5.91 Å². The molecule has 0 radical (unpaired) electrons. The molecule has 174 valence electrons. The molecule has 2 aliphatic heterocycles. The standard InChI is InChI=1S/C27H37NO4/c1-4-5-6-7-14-23-15-10-8-12-21(2)13-9-11-16-25(29)26(30)19-22(3)17-18-24-20-27(31)28(23)32-24/h6-13,16-19,23-26,29-30H,4-5,14-15,20H2,1-3H3/b7-6+,10-8+,13-9+,16-11-,18-17+,21-12+,22-19-. The Morgan fingerprint density at radius 1 is 1.06 bits per heavy atom. The molecule has 1 amide bonds. The van der Waals surface area contributed by atoms with Gasteiger partial charge in [-0.2, -0.15) is 0 Å². The molecule has 1 saturated heterocycles. The average molecular weight is 440 g/mol. The van der Waals surface area contributed by atoms with Gasteiger partial charge in [0.25, 0.3) is 0 Å². The van der Waals surface area contributed by atoms with Gasteiger partial charge in [-0.15, -0.1) is 0 Å². The van der Waals surface area contributed by atoms with Crippen molar-refractivity contribution in [2.75, 3.05) is 0 Å². The van der Waals surface area contributed by atoms with E-state index in [0.717, 1.165) is 30.4 Å². The molecule has 32 heavy (non-hydrogen) atoms. The van der Waals surface area contributed by atoms with Gasteiger partial charge >= 0.3 is 0 Å². The van der Waals surface area contributed by atoms with Crippen molar-refractivity contribution in [3.8, 4) is 0 Å². The highest BCUT2D eigenvalue weighted by molar-refractivity contribution is 5.78. The Morgan fingerprint density at radius 2 is 1.88 bits per heavy atom. The maximum atomic E-state index is 12.7. The predicted molar refractivity (Wildman–Crippen MR) is 129 cm³/mol. The summed E-state index contributed by atoms with van der Waals surface area (Å²) in [5.41, 5.74) is 1.83. The third-order valence-corrected chi connectivity index (χ3v) is 5.27. The topological polar surface area (TPSA) is 70.0 Å². The number of fused-ring (bicyclic) bond motifs is 2. The molecule has 0 saturated carbocycles. The van der Waals surface area contributed by atoms with Crippen molar-refractivity contribution < 1.29 is 19.8 Å². The predicted octanol–water partition coefficient (Wildman–Crippen LogP) is 4.88. The van der Waals surface area contributed by atoms with Crippen LogP contribution in [-0.2, 0) is 9.63 Å². The Labute approximate surface area is 192 Å². The van der Waals surface area contributed by atoms with Crippen LogP contribution in [0.4, 0.5) is 0 Å². The van der Waals surface area contributed by atoms with Crippen LogP contribution in [-0.4, -0.2) is 45.5 Å². The molecular formula is C27H37NO4. The summed E-state index contributed by atoms with van der Waals surface area (Å²) in [6.45, 7) is 5.97. The number of aliphatic hydroxyl groups excluding tert-OH is 2. The second kappa shape index (κ2) is 13.8. The lowest BCUT2D eigenvalue weighted by Crippen LogP contribution is -2.35. The van der Waals surface area contributed by atoms with E-state index in [2.05, 4.69) is 25.2 Å². The molecule has 0 aliphatic carbocycles. The molecule has 5 heteroatoms. The van der Waals surface area contributed by atoms with Gasteiger partial charge in [0.1, 0.15) is 18.3 Å². The second-order valence-corrected chi connectivity index (χ2v) is 8.29. The number of carbonyl (C=O) groups excluding carboxylic acids is 1. The molecule has 4 unspecified atom stereocenters. The van der Waals surface area contributed by atoms with Gasteiger partial charge in [0, 0.05) is 0 Å². The number of hydrogen-bond donors (Lipinski definition) is 2.